The van der Waals surface area contributed by atoms with Crippen molar-refractivity contribution >= 4 is 80.8 Å². The van der Waals surface area contributed by atoms with Gasteiger partial charge in [0.05, 0.1) is 40.3 Å². The molecule has 0 aliphatic carbocycles. The average molecular weight is 717 g/mol. The van der Waals surface area contributed by atoms with E-state index in [-0.39, 0.29) is 0 Å². The predicted molar refractivity (Wildman–Crippen MR) is 230 cm³/mol. The van der Waals surface area contributed by atoms with E-state index in [0.717, 1.165) is 77.2 Å². The van der Waals surface area contributed by atoms with Crippen molar-refractivity contribution in [3.8, 4) is 39.7 Å². The van der Waals surface area contributed by atoms with Crippen LogP contribution in [0.1, 0.15) is 5.56 Å². The Labute approximate surface area is 320 Å². The monoisotopic (exact) mass is 716 g/mol. The lowest BCUT2D eigenvalue weighted by molar-refractivity contribution is 1.18. The minimum atomic E-state index is 0.640. The van der Waals surface area contributed by atoms with Gasteiger partial charge in [0.2, 0.25) is 0 Å². The van der Waals surface area contributed by atoms with Gasteiger partial charge in [-0.1, -0.05) is 91.0 Å². The SMILES string of the molecule is [C-]#[N+]c1ccc2c(c1)c1cc3sc4ccccc4c3cc1n2-c1cccc(-c2ccccc2-c2cccc(-n3c4ccccc4c4cc(C#N)ccc43)c2)c1. The molecule has 0 amide bonds. The molecule has 0 fully saturated rings. The van der Waals surface area contributed by atoms with E-state index in [1.165, 1.54) is 20.2 Å². The van der Waals surface area contributed by atoms with E-state index in [0.29, 0.717) is 11.3 Å². The molecule has 254 valence electrons. The van der Waals surface area contributed by atoms with Crippen LogP contribution in [0.4, 0.5) is 5.69 Å². The van der Waals surface area contributed by atoms with Gasteiger partial charge >= 0.3 is 0 Å². The van der Waals surface area contributed by atoms with Gasteiger partial charge in [-0.05, 0) is 107 Å². The zero-order chi connectivity index (χ0) is 36.6. The van der Waals surface area contributed by atoms with Crippen molar-refractivity contribution < 1.29 is 0 Å². The van der Waals surface area contributed by atoms with E-state index < -0.39 is 0 Å². The summed E-state index contributed by atoms with van der Waals surface area (Å²) in [5, 5.41) is 16.6. The van der Waals surface area contributed by atoms with Crippen LogP contribution in [0.5, 0.6) is 0 Å². The van der Waals surface area contributed by atoms with Gasteiger partial charge in [0, 0.05) is 47.7 Å². The van der Waals surface area contributed by atoms with Crippen molar-refractivity contribution in [3.05, 3.63) is 187 Å². The molecule has 0 saturated heterocycles. The molecule has 0 spiro atoms. The van der Waals surface area contributed by atoms with E-state index in [1.807, 2.05) is 35.6 Å². The number of benzene rings is 8. The molecule has 55 heavy (non-hydrogen) atoms. The number of rotatable bonds is 4. The topological polar surface area (TPSA) is 38.0 Å². The maximum absolute atomic E-state index is 9.66. The van der Waals surface area contributed by atoms with Crippen LogP contribution in [0.2, 0.25) is 0 Å². The Morgan fingerprint density at radius 1 is 0.455 bits per heavy atom. The van der Waals surface area contributed by atoms with Crippen molar-refractivity contribution in [3.63, 3.8) is 0 Å². The Morgan fingerprint density at radius 2 is 1.05 bits per heavy atom. The molecule has 3 heterocycles. The lowest BCUT2D eigenvalue weighted by Gasteiger charge is -2.15. The fourth-order valence-corrected chi connectivity index (χ4v) is 9.63. The first-order chi connectivity index (χ1) is 27.2. The minimum absolute atomic E-state index is 0.640. The summed E-state index contributed by atoms with van der Waals surface area (Å²) >= 11 is 1.82. The molecule has 0 radical (unpaired) electrons. The summed E-state index contributed by atoms with van der Waals surface area (Å²) in [6, 6.07) is 62.2. The van der Waals surface area contributed by atoms with Crippen molar-refractivity contribution in [1.82, 2.24) is 9.13 Å². The largest absolute Gasteiger partial charge is 0.309 e. The van der Waals surface area contributed by atoms with Crippen LogP contribution in [0, 0.1) is 17.9 Å². The predicted octanol–water partition coefficient (Wildman–Crippen LogP) is 14.0. The van der Waals surface area contributed by atoms with E-state index in [1.54, 1.807) is 0 Å². The lowest BCUT2D eigenvalue weighted by atomic mass is 9.94. The van der Waals surface area contributed by atoms with Gasteiger partial charge in [-0.15, -0.1) is 11.3 Å². The number of aromatic nitrogens is 2. The highest BCUT2D eigenvalue weighted by Gasteiger charge is 2.18. The lowest BCUT2D eigenvalue weighted by Crippen LogP contribution is -1.96. The third-order valence-corrected chi connectivity index (χ3v) is 12.1. The quantitative estimate of drug-likeness (QED) is 0.167. The summed E-state index contributed by atoms with van der Waals surface area (Å²) < 4.78 is 7.18. The maximum atomic E-state index is 9.66. The standard InChI is InChI=1S/C50H28N4S/c1-52-34-21-23-47-42(27-34)43-29-50-44(40-17-5-7-19-49(40)55-50)28-48(43)54(47)36-13-9-11-33(26-36)38-15-3-2-14-37(38)32-10-8-12-35(25-32)53-45-18-6-4-16-39(45)41-24-31(30-51)20-22-46(41)53/h2-29H. The van der Waals surface area contributed by atoms with Crippen molar-refractivity contribution in [1.29, 1.82) is 5.26 Å². The van der Waals surface area contributed by atoms with Gasteiger partial charge < -0.3 is 9.13 Å². The van der Waals surface area contributed by atoms with Crippen LogP contribution < -0.4 is 0 Å². The Morgan fingerprint density at radius 3 is 1.78 bits per heavy atom. The van der Waals surface area contributed by atoms with E-state index >= 15 is 0 Å². The third-order valence-electron chi connectivity index (χ3n) is 10.9. The summed E-state index contributed by atoms with van der Waals surface area (Å²) in [6.07, 6.45) is 0. The molecule has 8 aromatic carbocycles. The molecule has 0 atom stereocenters. The smallest absolute Gasteiger partial charge is 0.188 e. The second-order valence-corrected chi connectivity index (χ2v) is 15.0. The zero-order valence-corrected chi connectivity index (χ0v) is 30.2. The Hall–Kier alpha value is -7.44. The van der Waals surface area contributed by atoms with Gasteiger partial charge in [-0.2, -0.15) is 5.26 Å². The van der Waals surface area contributed by atoms with Crippen molar-refractivity contribution in [2.45, 2.75) is 0 Å². The molecule has 0 aliphatic rings. The number of hydrogen-bond acceptors (Lipinski definition) is 2. The van der Waals surface area contributed by atoms with Crippen molar-refractivity contribution in [2.75, 3.05) is 0 Å². The Kier molecular flexibility index (Phi) is 6.82. The Balaban J connectivity index is 1.09. The summed E-state index contributed by atoms with van der Waals surface area (Å²) in [5.41, 5.74) is 12.3. The molecule has 11 aromatic rings. The highest BCUT2D eigenvalue weighted by Crippen LogP contribution is 2.43. The van der Waals surface area contributed by atoms with Gasteiger partial charge in [0.1, 0.15) is 0 Å². The second kappa shape index (κ2) is 12.0. The normalized spacial score (nSPS) is 11.6. The Bertz CT molecular complexity index is 3470. The first kappa shape index (κ1) is 31.1. The summed E-state index contributed by atoms with van der Waals surface area (Å²) in [7, 11) is 0. The molecule has 0 N–H and O–H groups in total. The highest BCUT2D eigenvalue weighted by molar-refractivity contribution is 7.25. The molecule has 5 heteroatoms. The summed E-state index contributed by atoms with van der Waals surface area (Å²) in [6.45, 7) is 7.76. The van der Waals surface area contributed by atoms with Crippen LogP contribution in [-0.4, -0.2) is 9.13 Å². The van der Waals surface area contributed by atoms with Crippen molar-refractivity contribution in [2.24, 2.45) is 0 Å². The molecule has 11 rings (SSSR count). The molecule has 0 unspecified atom stereocenters. The molecule has 0 aliphatic heterocycles. The fourth-order valence-electron chi connectivity index (χ4n) is 8.51. The third kappa shape index (κ3) is 4.75. The van der Waals surface area contributed by atoms with Crippen LogP contribution >= 0.6 is 11.3 Å². The summed E-state index contributed by atoms with van der Waals surface area (Å²) in [5.74, 6) is 0. The average Bonchev–Trinajstić information content (AvgIpc) is 3.89. The van der Waals surface area contributed by atoms with E-state index in [4.69, 9.17) is 6.57 Å². The van der Waals surface area contributed by atoms with Gasteiger partial charge in [0.25, 0.3) is 0 Å². The van der Waals surface area contributed by atoms with Gasteiger partial charge in [-0.25, -0.2) is 4.85 Å². The van der Waals surface area contributed by atoms with Crippen LogP contribution in [0.15, 0.2) is 170 Å². The number of nitrogens with zero attached hydrogens (tertiary/aromatic N) is 4. The number of nitriles is 1. The highest BCUT2D eigenvalue weighted by atomic mass is 32.1. The van der Waals surface area contributed by atoms with Crippen LogP contribution in [0.25, 0.3) is 102 Å². The molecular formula is C50H28N4S. The second-order valence-electron chi connectivity index (χ2n) is 14.0. The van der Waals surface area contributed by atoms with Crippen LogP contribution in [-0.2, 0) is 0 Å². The molecule has 0 bridgehead atoms. The van der Waals surface area contributed by atoms with E-state index in [9.17, 15) is 5.26 Å². The molecular weight excluding hydrogens is 689 g/mol. The summed E-state index contributed by atoms with van der Waals surface area (Å²) in [4.78, 5) is 3.79. The number of thiophene rings is 1. The van der Waals surface area contributed by atoms with Gasteiger partial charge in [0.15, 0.2) is 5.69 Å². The molecule has 0 saturated carbocycles. The maximum Gasteiger partial charge on any atom is 0.188 e. The first-order valence-electron chi connectivity index (χ1n) is 18.2. The fraction of sp³-hybridized carbons (Fsp3) is 0. The zero-order valence-electron chi connectivity index (χ0n) is 29.4. The van der Waals surface area contributed by atoms with Crippen LogP contribution in [0.3, 0.4) is 0 Å². The number of para-hydroxylation sites is 1. The number of fused-ring (bicyclic) bond motifs is 9. The first-order valence-corrected chi connectivity index (χ1v) is 19.0. The minimum Gasteiger partial charge on any atom is -0.309 e. The van der Waals surface area contributed by atoms with E-state index in [2.05, 4.69) is 166 Å². The molecule has 4 nitrogen and oxygen atoms in total. The number of hydrogen-bond donors (Lipinski definition) is 0. The van der Waals surface area contributed by atoms with Gasteiger partial charge in [-0.3, -0.25) is 0 Å². The molecule has 3 aromatic heterocycles.